The van der Waals surface area contributed by atoms with Gasteiger partial charge >= 0.3 is 23.9 Å². The zero-order valence-corrected chi connectivity index (χ0v) is 34.4. The number of amides is 2. The smallest absolute Gasteiger partial charge is 0.326 e. The quantitative estimate of drug-likeness (QED) is 0.0535. The second kappa shape index (κ2) is 22.5. The van der Waals surface area contributed by atoms with Crippen molar-refractivity contribution < 1.29 is 66.0 Å². The number of carboxylic acid groups (broad SMARTS) is 4. The number of aliphatic carboxylic acids is 4. The first-order chi connectivity index (χ1) is 30.4. The number of carboxylic acids is 4. The molecule has 0 saturated heterocycles. The van der Waals surface area contributed by atoms with E-state index in [1.54, 1.807) is 24.3 Å². The van der Waals surface area contributed by atoms with Gasteiger partial charge in [0.1, 0.15) is 12.1 Å². The summed E-state index contributed by atoms with van der Waals surface area (Å²) in [4.78, 5) is 121. The summed E-state index contributed by atoms with van der Waals surface area (Å²) in [5, 5.41) is 46.4. The van der Waals surface area contributed by atoms with E-state index < -0.39 is 58.9 Å². The largest absolute Gasteiger partial charge is 0.481 e. The van der Waals surface area contributed by atoms with Gasteiger partial charge in [-0.3, -0.25) is 38.7 Å². The van der Waals surface area contributed by atoms with Crippen molar-refractivity contribution in [2.75, 3.05) is 22.1 Å². The molecule has 0 fully saturated rings. The van der Waals surface area contributed by atoms with Crippen LogP contribution in [0.4, 0.5) is 23.3 Å². The van der Waals surface area contributed by atoms with Gasteiger partial charge in [0.25, 0.3) is 22.9 Å². The fraction of sp³-hybridized carbons (Fsp3) is 0.211. The molecule has 341 valence electrons. The standard InChI is InChI=1S/2C19H19N7O6.Co/c2*20-19-25-15-14(17(30)26-19)23-11(8-22-15)7-21-10-3-1-9(2-4-10)16(29)24-12(18(31)32)5-6-13(27)28;/h2*1-4,8,12,21H,5-7H2,(H,24,29)(H,27,28)(H,31,32)(H3,20,22,25,26,30);/t2*12-;/m00./s1. The number of nitrogens with one attached hydrogen (secondary N) is 6. The number of fused-ring (bicyclic) bond motifs is 2. The number of carbonyl (C=O) groups is 6. The predicted octanol–water partition coefficient (Wildman–Crippen LogP) is -0.0921. The zero-order valence-electron chi connectivity index (χ0n) is 33.4. The number of nitrogen functional groups attached to an aromatic ring is 2. The minimum absolute atomic E-state index is 0. The van der Waals surface area contributed by atoms with Gasteiger partial charge in [0.05, 0.1) is 36.9 Å². The molecule has 27 heteroatoms. The van der Waals surface area contributed by atoms with Crippen molar-refractivity contribution in [1.29, 1.82) is 0 Å². The SMILES string of the molecule is Nc1nc2ncc(CNc3ccc(C(=O)N[C@@H](CCC(=O)O)C(=O)O)cc3)nc2c(=O)[nH]1.Nc1nc2ncc(CNc3ccc(C(=O)N[C@@H](CCC(=O)O)C(=O)O)cc3)nc2c(=O)[nH]1.[Co]. The molecule has 2 atom stereocenters. The van der Waals surface area contributed by atoms with Gasteiger partial charge in [0.15, 0.2) is 22.3 Å². The Morgan fingerprint density at radius 3 is 1.25 bits per heavy atom. The summed E-state index contributed by atoms with van der Waals surface area (Å²) in [7, 11) is 0. The molecule has 4 aromatic heterocycles. The van der Waals surface area contributed by atoms with Crippen molar-refractivity contribution in [3.63, 3.8) is 0 Å². The molecule has 1 radical (unpaired) electrons. The first-order valence-electron chi connectivity index (χ1n) is 18.7. The summed E-state index contributed by atoms with van der Waals surface area (Å²) in [5.74, 6) is -6.31. The van der Waals surface area contributed by atoms with E-state index in [2.05, 4.69) is 61.1 Å². The molecule has 14 N–H and O–H groups in total. The van der Waals surface area contributed by atoms with Crippen molar-refractivity contribution in [3.8, 4) is 0 Å². The summed E-state index contributed by atoms with van der Waals surface area (Å²) >= 11 is 0. The van der Waals surface area contributed by atoms with Crippen LogP contribution >= 0.6 is 0 Å². The number of hydrogen-bond acceptors (Lipinski definition) is 18. The van der Waals surface area contributed by atoms with Crippen LogP contribution in [0.5, 0.6) is 0 Å². The van der Waals surface area contributed by atoms with Gasteiger partial charge in [-0.15, -0.1) is 0 Å². The maximum atomic E-state index is 12.3. The summed E-state index contributed by atoms with van der Waals surface area (Å²) in [5.41, 5.74) is 12.9. The maximum Gasteiger partial charge on any atom is 0.326 e. The van der Waals surface area contributed by atoms with E-state index in [0.717, 1.165) is 0 Å². The minimum atomic E-state index is -1.31. The van der Waals surface area contributed by atoms with Gasteiger partial charge in [-0.1, -0.05) is 0 Å². The molecule has 6 rings (SSSR count). The first kappa shape index (κ1) is 49.1. The molecule has 26 nitrogen and oxygen atoms in total. The molecular formula is C38H38CoN14O12. The summed E-state index contributed by atoms with van der Waals surface area (Å²) in [6, 6.07) is 9.73. The Morgan fingerprint density at radius 1 is 0.569 bits per heavy atom. The number of rotatable bonds is 18. The van der Waals surface area contributed by atoms with Crippen molar-refractivity contribution >= 4 is 81.3 Å². The number of aromatic nitrogens is 8. The van der Waals surface area contributed by atoms with Crippen molar-refractivity contribution in [3.05, 3.63) is 104 Å². The van der Waals surface area contributed by atoms with Crippen LogP contribution in [-0.4, -0.2) is 108 Å². The normalized spacial score (nSPS) is 11.4. The zero-order chi connectivity index (χ0) is 46.5. The van der Waals surface area contributed by atoms with Gasteiger partial charge in [-0.2, -0.15) is 9.97 Å². The number of aromatic amines is 2. The van der Waals surface area contributed by atoms with Gasteiger partial charge in [-0.25, -0.2) is 29.5 Å². The third-order valence-electron chi connectivity index (χ3n) is 8.71. The molecule has 2 amide bonds. The van der Waals surface area contributed by atoms with Crippen LogP contribution < -0.4 is 43.9 Å². The molecule has 4 heterocycles. The van der Waals surface area contributed by atoms with Crippen LogP contribution in [0.2, 0.25) is 0 Å². The number of anilines is 4. The fourth-order valence-electron chi connectivity index (χ4n) is 5.51. The second-order valence-corrected chi connectivity index (χ2v) is 13.4. The van der Waals surface area contributed by atoms with Crippen molar-refractivity contribution in [2.24, 2.45) is 0 Å². The Morgan fingerprint density at radius 2 is 0.923 bits per heavy atom. The van der Waals surface area contributed by atoms with E-state index in [0.29, 0.717) is 22.8 Å². The van der Waals surface area contributed by atoms with E-state index in [4.69, 9.17) is 31.9 Å². The number of nitrogens with two attached hydrogens (primary N) is 2. The van der Waals surface area contributed by atoms with Crippen LogP contribution in [-0.2, 0) is 49.0 Å². The van der Waals surface area contributed by atoms with E-state index in [9.17, 15) is 38.4 Å². The molecule has 0 bridgehead atoms. The molecule has 0 spiro atoms. The number of H-pyrrole nitrogens is 2. The van der Waals surface area contributed by atoms with Crippen LogP contribution in [0, 0.1) is 0 Å². The Labute approximate surface area is 374 Å². The third kappa shape index (κ3) is 14.2. The molecule has 0 aliphatic heterocycles. The number of hydrogen-bond donors (Lipinski definition) is 12. The van der Waals surface area contributed by atoms with Crippen LogP contribution in [0.1, 0.15) is 57.8 Å². The van der Waals surface area contributed by atoms with E-state index >= 15 is 0 Å². The Hall–Kier alpha value is -8.59. The topological polar surface area (TPSA) is 427 Å². The molecule has 0 aliphatic carbocycles. The fourth-order valence-corrected chi connectivity index (χ4v) is 5.51. The van der Waals surface area contributed by atoms with Crippen LogP contribution in [0.15, 0.2) is 70.5 Å². The number of benzene rings is 2. The summed E-state index contributed by atoms with van der Waals surface area (Å²) in [6.45, 7) is 0.461. The van der Waals surface area contributed by atoms with Crippen LogP contribution in [0.3, 0.4) is 0 Å². The van der Waals surface area contributed by atoms with Gasteiger partial charge in [-0.05, 0) is 61.4 Å². The van der Waals surface area contributed by atoms with Gasteiger partial charge in [0.2, 0.25) is 11.9 Å². The Bertz CT molecular complexity index is 2650. The molecule has 6 aromatic rings. The van der Waals surface area contributed by atoms with Crippen molar-refractivity contribution in [1.82, 2.24) is 50.5 Å². The molecule has 0 aliphatic rings. The average molecular weight is 942 g/mol. The maximum absolute atomic E-state index is 12.3. The molecular weight excluding hydrogens is 903 g/mol. The number of nitrogens with zero attached hydrogens (tertiary/aromatic N) is 6. The minimum Gasteiger partial charge on any atom is -0.481 e. The van der Waals surface area contributed by atoms with Crippen molar-refractivity contribution in [2.45, 2.75) is 50.9 Å². The average Bonchev–Trinajstić information content (AvgIpc) is 3.25. The summed E-state index contributed by atoms with van der Waals surface area (Å²) < 4.78 is 0. The van der Waals surface area contributed by atoms with Crippen LogP contribution in [0.25, 0.3) is 22.3 Å². The van der Waals surface area contributed by atoms with E-state index in [-0.39, 0.29) is 101 Å². The monoisotopic (exact) mass is 941 g/mol. The summed E-state index contributed by atoms with van der Waals surface area (Å²) in [6.07, 6.45) is 1.68. The number of carbonyl (C=O) groups excluding carboxylic acids is 2. The first-order valence-corrected chi connectivity index (χ1v) is 18.7. The third-order valence-corrected chi connectivity index (χ3v) is 8.71. The Balaban J connectivity index is 0.000000280. The molecule has 0 saturated carbocycles. The molecule has 2 aromatic carbocycles. The molecule has 0 unspecified atom stereocenters. The van der Waals surface area contributed by atoms with E-state index in [1.807, 2.05) is 0 Å². The second-order valence-electron chi connectivity index (χ2n) is 13.4. The predicted molar refractivity (Wildman–Crippen MR) is 224 cm³/mol. The van der Waals surface area contributed by atoms with E-state index in [1.165, 1.54) is 36.7 Å². The molecule has 65 heavy (non-hydrogen) atoms. The van der Waals surface area contributed by atoms with Gasteiger partial charge < -0.3 is 53.2 Å². The van der Waals surface area contributed by atoms with Gasteiger partial charge in [0, 0.05) is 52.1 Å². The Kier molecular flexibility index (Phi) is 17.0.